The van der Waals surface area contributed by atoms with Crippen LogP contribution in [0.4, 0.5) is 11.4 Å². The third-order valence-electron chi connectivity index (χ3n) is 6.94. The molecular weight excluding hydrogens is 536 g/mol. The molecule has 3 N–H and O–H groups in total. The predicted octanol–water partition coefficient (Wildman–Crippen LogP) is 6.22. The third-order valence-corrected chi connectivity index (χ3v) is 9.72. The number of cyclic esters (lactones) is 1. The Kier molecular flexibility index (Phi) is 8.56. The number of aliphatic hydroxyl groups is 1. The van der Waals surface area contributed by atoms with Gasteiger partial charge in [-0.05, 0) is 72.5 Å². The van der Waals surface area contributed by atoms with Gasteiger partial charge in [-0.15, -0.1) is 11.3 Å². The number of esters is 1. The molecule has 8 nitrogen and oxygen atoms in total. The number of rotatable bonds is 11. The van der Waals surface area contributed by atoms with Crippen molar-refractivity contribution in [2.75, 3.05) is 16.2 Å². The lowest BCUT2D eigenvalue weighted by molar-refractivity contribution is -0.166. The molecule has 1 aliphatic heterocycles. The van der Waals surface area contributed by atoms with Gasteiger partial charge in [-0.2, -0.15) is 0 Å². The fourth-order valence-electron chi connectivity index (χ4n) is 4.74. The first kappa shape index (κ1) is 28.5. The van der Waals surface area contributed by atoms with Crippen LogP contribution in [-0.4, -0.2) is 36.7 Å². The van der Waals surface area contributed by atoms with Crippen molar-refractivity contribution in [3.8, 4) is 5.75 Å². The van der Waals surface area contributed by atoms with Gasteiger partial charge >= 0.3 is 5.97 Å². The SMILES string of the molecule is CCCN(C1=C(O)CC(CCc2ccc(O)cc2)(C(C)C)OC1=O)c1cccc(NS(=O)(=O)c2cccs2)c1. The maximum atomic E-state index is 13.5. The number of sulfonamides is 1. The van der Waals surface area contributed by atoms with Crippen molar-refractivity contribution in [3.63, 3.8) is 0 Å². The van der Waals surface area contributed by atoms with E-state index in [0.717, 1.165) is 16.9 Å². The number of phenols is 1. The Labute approximate surface area is 233 Å². The number of hydrogen-bond acceptors (Lipinski definition) is 8. The van der Waals surface area contributed by atoms with Gasteiger partial charge in [0.2, 0.25) is 0 Å². The highest BCUT2D eigenvalue weighted by molar-refractivity contribution is 7.94. The first-order valence-electron chi connectivity index (χ1n) is 12.9. The van der Waals surface area contributed by atoms with Gasteiger partial charge in [-0.25, -0.2) is 13.2 Å². The number of hydrogen-bond donors (Lipinski definition) is 3. The summed E-state index contributed by atoms with van der Waals surface area (Å²) < 4.78 is 34.4. The maximum Gasteiger partial charge on any atom is 0.359 e. The number of anilines is 2. The molecule has 1 atom stereocenters. The fraction of sp³-hybridized carbons (Fsp3) is 0.345. The standard InChI is InChI=1S/C29H34N2O6S2/c1-4-16-31(23-8-5-7-22(18-23)30-39(35,36)26-9-6-17-38-26)27-25(33)19-29(20(2)3,37-28(27)34)15-14-21-10-12-24(32)13-11-21/h5-13,17-18,20,30,32-33H,4,14-16,19H2,1-3H3. The number of aliphatic hydroxyl groups excluding tert-OH is 1. The van der Waals surface area contributed by atoms with Gasteiger partial charge in [0.1, 0.15) is 21.3 Å². The van der Waals surface area contributed by atoms with Crippen molar-refractivity contribution in [1.82, 2.24) is 0 Å². The van der Waals surface area contributed by atoms with E-state index in [1.807, 2.05) is 32.9 Å². The van der Waals surface area contributed by atoms with Crippen molar-refractivity contribution in [3.05, 3.63) is 83.1 Å². The van der Waals surface area contributed by atoms with Crippen molar-refractivity contribution in [2.45, 2.75) is 56.3 Å². The smallest absolute Gasteiger partial charge is 0.359 e. The van der Waals surface area contributed by atoms with E-state index in [1.165, 1.54) is 6.07 Å². The monoisotopic (exact) mass is 570 g/mol. The van der Waals surface area contributed by atoms with E-state index in [1.54, 1.807) is 52.7 Å². The van der Waals surface area contributed by atoms with Gasteiger partial charge in [0.15, 0.2) is 5.70 Å². The molecule has 0 amide bonds. The van der Waals surface area contributed by atoms with Gasteiger partial charge < -0.3 is 19.8 Å². The van der Waals surface area contributed by atoms with Gasteiger partial charge in [-0.1, -0.05) is 45.0 Å². The quantitative estimate of drug-likeness (QED) is 0.235. The predicted molar refractivity (Wildman–Crippen MR) is 154 cm³/mol. The van der Waals surface area contributed by atoms with Gasteiger partial charge in [0.05, 0.1) is 5.69 Å². The summed E-state index contributed by atoms with van der Waals surface area (Å²) in [6.07, 6.45) is 1.95. The lowest BCUT2D eigenvalue weighted by Crippen LogP contribution is -2.47. The number of phenolic OH excluding ortho intramolecular Hbond substituents is 1. The molecular formula is C29H34N2O6S2. The van der Waals surface area contributed by atoms with E-state index < -0.39 is 21.6 Å². The molecule has 0 saturated carbocycles. The first-order valence-corrected chi connectivity index (χ1v) is 15.3. The van der Waals surface area contributed by atoms with E-state index in [0.29, 0.717) is 37.2 Å². The van der Waals surface area contributed by atoms with Crippen LogP contribution >= 0.6 is 11.3 Å². The van der Waals surface area contributed by atoms with Crippen LogP contribution in [0.25, 0.3) is 0 Å². The molecule has 39 heavy (non-hydrogen) atoms. The molecule has 208 valence electrons. The number of benzene rings is 2. The molecule has 3 aromatic rings. The minimum atomic E-state index is -3.74. The van der Waals surface area contributed by atoms with Gasteiger partial charge in [0, 0.05) is 18.7 Å². The molecule has 0 aliphatic carbocycles. The second-order valence-corrected chi connectivity index (χ2v) is 12.8. The largest absolute Gasteiger partial charge is 0.510 e. The van der Waals surface area contributed by atoms with E-state index >= 15 is 0 Å². The Morgan fingerprint density at radius 3 is 2.46 bits per heavy atom. The van der Waals surface area contributed by atoms with E-state index in [9.17, 15) is 23.4 Å². The molecule has 2 aromatic carbocycles. The summed E-state index contributed by atoms with van der Waals surface area (Å²) in [5.41, 5.74) is 1.07. The highest BCUT2D eigenvalue weighted by atomic mass is 32.2. The number of nitrogens with one attached hydrogen (secondary N) is 1. The number of thiophene rings is 1. The Hall–Kier alpha value is -3.50. The number of aryl methyl sites for hydroxylation is 1. The van der Waals surface area contributed by atoms with Gasteiger partial charge in [0.25, 0.3) is 10.0 Å². The molecule has 10 heteroatoms. The number of carbonyl (C=O) groups is 1. The number of carbonyl (C=O) groups excluding carboxylic acids is 1. The zero-order valence-electron chi connectivity index (χ0n) is 22.3. The Morgan fingerprint density at radius 2 is 1.85 bits per heavy atom. The average Bonchev–Trinajstić information content (AvgIpc) is 3.44. The van der Waals surface area contributed by atoms with Crippen LogP contribution in [0, 0.1) is 5.92 Å². The molecule has 0 saturated heterocycles. The fourth-order valence-corrected chi connectivity index (χ4v) is 6.78. The molecule has 0 bridgehead atoms. The highest BCUT2D eigenvalue weighted by Crippen LogP contribution is 2.40. The maximum absolute atomic E-state index is 13.5. The average molecular weight is 571 g/mol. The minimum absolute atomic E-state index is 0.0522. The van der Waals surface area contributed by atoms with E-state index in [2.05, 4.69) is 4.72 Å². The Morgan fingerprint density at radius 1 is 1.10 bits per heavy atom. The summed E-state index contributed by atoms with van der Waals surface area (Å²) in [4.78, 5) is 15.2. The second kappa shape index (κ2) is 11.7. The van der Waals surface area contributed by atoms with Crippen LogP contribution in [-0.2, 0) is 26.0 Å². The van der Waals surface area contributed by atoms with Crippen LogP contribution < -0.4 is 9.62 Å². The van der Waals surface area contributed by atoms with Crippen molar-refractivity contribution < 1.29 is 28.2 Å². The first-order chi connectivity index (χ1) is 18.5. The third kappa shape index (κ3) is 6.39. The van der Waals surface area contributed by atoms with E-state index in [4.69, 9.17) is 4.74 Å². The number of ether oxygens (including phenoxy) is 1. The molecule has 1 aliphatic rings. The van der Waals surface area contributed by atoms with Crippen LogP contribution in [0.5, 0.6) is 5.75 Å². The molecule has 2 heterocycles. The minimum Gasteiger partial charge on any atom is -0.510 e. The topological polar surface area (TPSA) is 116 Å². The zero-order chi connectivity index (χ0) is 28.2. The lowest BCUT2D eigenvalue weighted by Gasteiger charge is -2.42. The Bertz CT molecular complexity index is 1430. The van der Waals surface area contributed by atoms with E-state index in [-0.39, 0.29) is 33.8 Å². The summed E-state index contributed by atoms with van der Waals surface area (Å²) in [5, 5.41) is 22.6. The van der Waals surface area contributed by atoms with Crippen LogP contribution in [0.3, 0.4) is 0 Å². The normalized spacial score (nSPS) is 17.8. The zero-order valence-corrected chi connectivity index (χ0v) is 23.9. The number of aromatic hydroxyl groups is 1. The second-order valence-electron chi connectivity index (χ2n) is 9.99. The van der Waals surface area contributed by atoms with Crippen molar-refractivity contribution >= 4 is 38.7 Å². The van der Waals surface area contributed by atoms with Crippen LogP contribution in [0.1, 0.15) is 45.6 Å². The van der Waals surface area contributed by atoms with Crippen LogP contribution in [0.15, 0.2) is 81.7 Å². The summed E-state index contributed by atoms with van der Waals surface area (Å²) in [6, 6.07) is 16.9. The van der Waals surface area contributed by atoms with Crippen molar-refractivity contribution in [2.24, 2.45) is 5.92 Å². The Balaban J connectivity index is 1.62. The highest BCUT2D eigenvalue weighted by Gasteiger charge is 2.45. The summed E-state index contributed by atoms with van der Waals surface area (Å²) in [6.45, 7) is 6.31. The summed E-state index contributed by atoms with van der Waals surface area (Å²) in [7, 11) is -3.74. The molecule has 0 radical (unpaired) electrons. The summed E-state index contributed by atoms with van der Waals surface area (Å²) >= 11 is 1.12. The molecule has 0 spiro atoms. The molecule has 4 rings (SSSR count). The van der Waals surface area contributed by atoms with Gasteiger partial charge in [-0.3, -0.25) is 4.72 Å². The molecule has 1 aromatic heterocycles. The molecule has 1 unspecified atom stereocenters. The molecule has 0 fully saturated rings. The van der Waals surface area contributed by atoms with Crippen molar-refractivity contribution in [1.29, 1.82) is 0 Å². The van der Waals surface area contributed by atoms with Crippen LogP contribution in [0.2, 0.25) is 0 Å². The number of nitrogens with zero attached hydrogens (tertiary/aromatic N) is 1. The lowest BCUT2D eigenvalue weighted by atomic mass is 9.79. The summed E-state index contributed by atoms with van der Waals surface area (Å²) in [5.74, 6) is -0.539.